The molecule has 19 heavy (non-hydrogen) atoms. The van der Waals surface area contributed by atoms with Gasteiger partial charge in [-0.05, 0) is 13.8 Å². The molecule has 0 radical (unpaired) electrons. The van der Waals surface area contributed by atoms with E-state index in [-0.39, 0.29) is 13.2 Å². The Morgan fingerprint density at radius 1 is 1.16 bits per heavy atom. The highest BCUT2D eigenvalue weighted by Crippen LogP contribution is 2.58. The monoisotopic (exact) mass is 297 g/mol. The summed E-state index contributed by atoms with van der Waals surface area (Å²) in [6.45, 7) is 3.07. The van der Waals surface area contributed by atoms with Crippen molar-refractivity contribution < 1.29 is 26.8 Å². The van der Waals surface area contributed by atoms with Gasteiger partial charge in [0.1, 0.15) is 23.2 Å². The minimum absolute atomic E-state index is 0.00455. The first kappa shape index (κ1) is 16.2. The Kier molecular flexibility index (Phi) is 5.55. The molecule has 0 bridgehead atoms. The van der Waals surface area contributed by atoms with E-state index in [9.17, 15) is 17.7 Å². The molecule has 1 atom stereocenters. The molecule has 4 nitrogen and oxygen atoms in total. The molecule has 2 N–H and O–H groups in total. The van der Waals surface area contributed by atoms with Gasteiger partial charge in [-0.25, -0.2) is 13.2 Å². The van der Waals surface area contributed by atoms with Crippen LogP contribution in [0.4, 0.5) is 13.2 Å². The second kappa shape index (κ2) is 6.52. The topological polar surface area (TPSA) is 61.5 Å². The van der Waals surface area contributed by atoms with Crippen LogP contribution in [0.15, 0.2) is 12.1 Å². The Morgan fingerprint density at radius 3 is 1.95 bits per heavy atom. The van der Waals surface area contributed by atoms with Crippen molar-refractivity contribution in [2.45, 2.75) is 19.6 Å². The standard InChI is InChI=1S/C11H15F3NO3P/c1-3-17-19(16,18-4-2)11(15)10-8(13)5-7(12)6-9(10)14/h5-6,11H,3-4,15H2,1-2H3/t11-/m0/s1. The van der Waals surface area contributed by atoms with Crippen molar-refractivity contribution >= 4 is 7.60 Å². The SMILES string of the molecule is CCOP(=O)(OCC)[C@H](N)c1c(F)cc(F)cc1F. The lowest BCUT2D eigenvalue weighted by Gasteiger charge is -2.24. The summed E-state index contributed by atoms with van der Waals surface area (Å²) in [7, 11) is -3.93. The Labute approximate surface area is 109 Å². The van der Waals surface area contributed by atoms with Crippen LogP contribution in [0.25, 0.3) is 0 Å². The molecule has 1 rings (SSSR count). The smallest absolute Gasteiger partial charge is 0.314 e. The molecule has 108 valence electrons. The van der Waals surface area contributed by atoms with Crippen LogP contribution in [0.5, 0.6) is 0 Å². The van der Waals surface area contributed by atoms with Crippen molar-refractivity contribution in [2.75, 3.05) is 13.2 Å². The van der Waals surface area contributed by atoms with Gasteiger partial charge in [0.05, 0.1) is 18.8 Å². The van der Waals surface area contributed by atoms with E-state index in [1.165, 1.54) is 13.8 Å². The molecule has 0 aromatic heterocycles. The molecule has 0 aliphatic carbocycles. The highest BCUT2D eigenvalue weighted by molar-refractivity contribution is 7.54. The van der Waals surface area contributed by atoms with Crippen LogP contribution in [0.3, 0.4) is 0 Å². The summed E-state index contributed by atoms with van der Waals surface area (Å²) in [5.41, 5.74) is 4.87. The molecule has 0 unspecified atom stereocenters. The number of benzene rings is 1. The van der Waals surface area contributed by atoms with Crippen LogP contribution >= 0.6 is 7.60 Å². The molecule has 0 fully saturated rings. The lowest BCUT2D eigenvalue weighted by molar-refractivity contribution is 0.211. The maximum absolute atomic E-state index is 13.6. The van der Waals surface area contributed by atoms with Crippen LogP contribution in [0.1, 0.15) is 25.2 Å². The van der Waals surface area contributed by atoms with E-state index in [1.807, 2.05) is 0 Å². The van der Waals surface area contributed by atoms with Crippen LogP contribution in [-0.2, 0) is 13.6 Å². The minimum atomic E-state index is -3.93. The second-order valence-corrected chi connectivity index (χ2v) is 5.76. The van der Waals surface area contributed by atoms with Crippen molar-refractivity contribution in [1.82, 2.24) is 0 Å². The maximum Gasteiger partial charge on any atom is 0.351 e. The summed E-state index contributed by atoms with van der Waals surface area (Å²) < 4.78 is 62.1. The van der Waals surface area contributed by atoms with Gasteiger partial charge in [-0.2, -0.15) is 0 Å². The zero-order valence-corrected chi connectivity index (χ0v) is 11.4. The molecule has 0 amide bonds. The highest BCUT2D eigenvalue weighted by atomic mass is 31.2. The molecule has 1 aromatic carbocycles. The molecular formula is C11H15F3NO3P. The predicted octanol–water partition coefficient (Wildman–Crippen LogP) is 3.33. The summed E-state index contributed by atoms with van der Waals surface area (Å²) in [6, 6.07) is 0.918. The first-order chi connectivity index (χ1) is 8.85. The fourth-order valence-electron chi connectivity index (χ4n) is 1.55. The molecule has 0 saturated heterocycles. The van der Waals surface area contributed by atoms with Crippen LogP contribution < -0.4 is 5.73 Å². The highest BCUT2D eigenvalue weighted by Gasteiger charge is 2.37. The van der Waals surface area contributed by atoms with E-state index >= 15 is 0 Å². The molecule has 0 saturated carbocycles. The van der Waals surface area contributed by atoms with E-state index in [1.54, 1.807) is 0 Å². The third-order valence-corrected chi connectivity index (χ3v) is 4.47. The van der Waals surface area contributed by atoms with Crippen molar-refractivity contribution in [2.24, 2.45) is 5.73 Å². The van der Waals surface area contributed by atoms with E-state index in [0.29, 0.717) is 12.1 Å². The zero-order valence-electron chi connectivity index (χ0n) is 10.5. The van der Waals surface area contributed by atoms with Gasteiger partial charge in [0.2, 0.25) is 0 Å². The quantitative estimate of drug-likeness (QED) is 0.818. The van der Waals surface area contributed by atoms with E-state index in [2.05, 4.69) is 0 Å². The van der Waals surface area contributed by atoms with Gasteiger partial charge >= 0.3 is 7.60 Å². The molecule has 0 spiro atoms. The van der Waals surface area contributed by atoms with Crippen molar-refractivity contribution in [3.05, 3.63) is 35.1 Å². The molecule has 0 aliphatic rings. The first-order valence-corrected chi connectivity index (χ1v) is 7.25. The molecular weight excluding hydrogens is 282 g/mol. The fraction of sp³-hybridized carbons (Fsp3) is 0.455. The predicted molar refractivity (Wildman–Crippen MR) is 64.1 cm³/mol. The summed E-state index contributed by atoms with van der Waals surface area (Å²) >= 11 is 0. The Morgan fingerprint density at radius 2 is 1.58 bits per heavy atom. The average molecular weight is 297 g/mol. The summed E-state index contributed by atoms with van der Waals surface area (Å²) in [5, 5.41) is 0. The summed E-state index contributed by atoms with van der Waals surface area (Å²) in [4.78, 5) is 0. The molecule has 0 heterocycles. The van der Waals surface area contributed by atoms with Crippen molar-refractivity contribution in [1.29, 1.82) is 0 Å². The Bertz CT molecular complexity index is 465. The van der Waals surface area contributed by atoms with Gasteiger partial charge in [0, 0.05) is 12.1 Å². The fourth-order valence-corrected chi connectivity index (χ4v) is 3.23. The number of nitrogens with two attached hydrogens (primary N) is 1. The molecule has 0 aliphatic heterocycles. The molecule has 1 aromatic rings. The van der Waals surface area contributed by atoms with Gasteiger partial charge in [0.25, 0.3) is 0 Å². The molecule has 8 heteroatoms. The van der Waals surface area contributed by atoms with E-state index in [4.69, 9.17) is 14.8 Å². The summed E-state index contributed by atoms with van der Waals surface area (Å²) in [5.74, 6) is -5.21. The number of hydrogen-bond donors (Lipinski definition) is 1. The lowest BCUT2D eigenvalue weighted by Crippen LogP contribution is -2.18. The second-order valence-electron chi connectivity index (χ2n) is 3.60. The normalized spacial score (nSPS) is 13.6. The van der Waals surface area contributed by atoms with Gasteiger partial charge in [-0.1, -0.05) is 0 Å². The Hall–Kier alpha value is -0.880. The van der Waals surface area contributed by atoms with Crippen LogP contribution in [-0.4, -0.2) is 13.2 Å². The third-order valence-electron chi connectivity index (χ3n) is 2.30. The number of halogens is 3. The zero-order chi connectivity index (χ0) is 14.6. The first-order valence-electron chi connectivity index (χ1n) is 5.64. The average Bonchev–Trinajstić information content (AvgIpc) is 2.27. The van der Waals surface area contributed by atoms with Gasteiger partial charge in [-0.3, -0.25) is 4.57 Å². The minimum Gasteiger partial charge on any atom is -0.314 e. The maximum atomic E-state index is 13.6. The van der Waals surface area contributed by atoms with Gasteiger partial charge in [0.15, 0.2) is 0 Å². The van der Waals surface area contributed by atoms with Crippen LogP contribution in [0, 0.1) is 17.5 Å². The van der Waals surface area contributed by atoms with Crippen molar-refractivity contribution in [3.63, 3.8) is 0 Å². The number of hydrogen-bond acceptors (Lipinski definition) is 4. The van der Waals surface area contributed by atoms with Crippen molar-refractivity contribution in [3.8, 4) is 0 Å². The van der Waals surface area contributed by atoms with E-state index in [0.717, 1.165) is 0 Å². The summed E-state index contributed by atoms with van der Waals surface area (Å²) in [6.07, 6.45) is 0. The van der Waals surface area contributed by atoms with Crippen LogP contribution in [0.2, 0.25) is 0 Å². The largest absolute Gasteiger partial charge is 0.351 e. The third kappa shape index (κ3) is 3.57. The van der Waals surface area contributed by atoms with Gasteiger partial charge in [-0.15, -0.1) is 0 Å². The lowest BCUT2D eigenvalue weighted by atomic mass is 10.2. The Balaban J connectivity index is 3.24. The van der Waals surface area contributed by atoms with E-state index < -0.39 is 36.4 Å². The number of rotatable bonds is 6. The van der Waals surface area contributed by atoms with Gasteiger partial charge < -0.3 is 14.8 Å².